The van der Waals surface area contributed by atoms with Gasteiger partial charge in [0, 0.05) is 12.3 Å². The van der Waals surface area contributed by atoms with Gasteiger partial charge in [0.1, 0.15) is 12.4 Å². The fourth-order valence-corrected chi connectivity index (χ4v) is 2.75. The number of nitrogens with zero attached hydrogens (tertiary/aromatic N) is 1. The van der Waals surface area contributed by atoms with E-state index in [4.69, 9.17) is 4.74 Å². The molecule has 21 heavy (non-hydrogen) atoms. The van der Waals surface area contributed by atoms with E-state index in [1.165, 1.54) is 11.6 Å². The first-order chi connectivity index (χ1) is 10.2. The Kier molecular flexibility index (Phi) is 4.06. The molecule has 1 N–H and O–H groups in total. The number of hydrogen-bond acceptors (Lipinski definition) is 3. The highest BCUT2D eigenvalue weighted by Crippen LogP contribution is 2.32. The van der Waals surface area contributed by atoms with Gasteiger partial charge in [0.25, 0.3) is 5.56 Å². The van der Waals surface area contributed by atoms with Gasteiger partial charge in [-0.25, -0.2) is 0 Å². The van der Waals surface area contributed by atoms with Crippen LogP contribution in [0.3, 0.4) is 0 Å². The zero-order valence-electron chi connectivity index (χ0n) is 11.9. The number of aromatic nitrogens is 1. The standard InChI is InChI=1S/C17H19NO3/c19-16-5-3-4-13-7-8-14(12-15(13)16)21-11-10-18-9-2-1-6-17(18)20/h1-2,6-9,12,16,19H,3-5,10-11H2/t16-/m1/s1. The first kappa shape index (κ1) is 13.9. The number of pyridine rings is 1. The number of aliphatic hydroxyl groups excluding tert-OH is 1. The topological polar surface area (TPSA) is 51.5 Å². The molecule has 4 heteroatoms. The predicted octanol–water partition coefficient (Wildman–Crippen LogP) is 2.30. The Labute approximate surface area is 123 Å². The highest BCUT2D eigenvalue weighted by molar-refractivity contribution is 5.38. The van der Waals surface area contributed by atoms with E-state index >= 15 is 0 Å². The lowest BCUT2D eigenvalue weighted by Crippen LogP contribution is -2.21. The lowest BCUT2D eigenvalue weighted by molar-refractivity contribution is 0.156. The number of fused-ring (bicyclic) bond motifs is 1. The molecule has 110 valence electrons. The summed E-state index contributed by atoms with van der Waals surface area (Å²) in [6, 6.07) is 11.0. The second-order valence-corrected chi connectivity index (χ2v) is 5.35. The zero-order chi connectivity index (χ0) is 14.7. The summed E-state index contributed by atoms with van der Waals surface area (Å²) in [6.45, 7) is 0.943. The van der Waals surface area contributed by atoms with Crippen molar-refractivity contribution in [3.63, 3.8) is 0 Å². The van der Waals surface area contributed by atoms with E-state index in [2.05, 4.69) is 0 Å². The Morgan fingerprint density at radius 1 is 1.29 bits per heavy atom. The SMILES string of the molecule is O=c1ccccn1CCOc1ccc2c(c1)[C@H](O)CCC2. The molecule has 1 aromatic heterocycles. The van der Waals surface area contributed by atoms with E-state index in [-0.39, 0.29) is 11.7 Å². The minimum Gasteiger partial charge on any atom is -0.492 e. The average Bonchev–Trinajstić information content (AvgIpc) is 2.50. The van der Waals surface area contributed by atoms with Crippen LogP contribution in [-0.2, 0) is 13.0 Å². The van der Waals surface area contributed by atoms with Gasteiger partial charge >= 0.3 is 0 Å². The van der Waals surface area contributed by atoms with Crippen molar-refractivity contribution in [3.8, 4) is 5.75 Å². The number of ether oxygens (including phenoxy) is 1. The third-order valence-electron chi connectivity index (χ3n) is 3.90. The Balaban J connectivity index is 1.65. The number of aryl methyl sites for hydroxylation is 1. The van der Waals surface area contributed by atoms with Gasteiger partial charge < -0.3 is 14.4 Å². The maximum atomic E-state index is 11.6. The second kappa shape index (κ2) is 6.14. The minimum atomic E-state index is -0.381. The first-order valence-electron chi connectivity index (χ1n) is 7.33. The van der Waals surface area contributed by atoms with Crippen LogP contribution in [0, 0.1) is 0 Å². The van der Waals surface area contributed by atoms with Crippen molar-refractivity contribution in [3.05, 3.63) is 64.1 Å². The molecule has 1 aliphatic carbocycles. The van der Waals surface area contributed by atoms with Crippen molar-refractivity contribution < 1.29 is 9.84 Å². The van der Waals surface area contributed by atoms with Crippen LogP contribution in [0.15, 0.2) is 47.4 Å². The van der Waals surface area contributed by atoms with Crippen molar-refractivity contribution in [2.45, 2.75) is 31.9 Å². The molecule has 0 saturated carbocycles. The number of benzene rings is 1. The van der Waals surface area contributed by atoms with Crippen LogP contribution in [-0.4, -0.2) is 16.3 Å². The smallest absolute Gasteiger partial charge is 0.250 e. The molecule has 0 amide bonds. The second-order valence-electron chi connectivity index (χ2n) is 5.35. The predicted molar refractivity (Wildman–Crippen MR) is 80.5 cm³/mol. The molecule has 0 spiro atoms. The molecule has 0 unspecified atom stereocenters. The minimum absolute atomic E-state index is 0.0260. The Bertz CT molecular complexity index is 678. The van der Waals surface area contributed by atoms with Crippen LogP contribution in [0.25, 0.3) is 0 Å². The Hall–Kier alpha value is -2.07. The molecule has 1 atom stereocenters. The van der Waals surface area contributed by atoms with E-state index in [0.29, 0.717) is 13.2 Å². The normalized spacial score (nSPS) is 17.3. The van der Waals surface area contributed by atoms with E-state index in [9.17, 15) is 9.90 Å². The van der Waals surface area contributed by atoms with Crippen molar-refractivity contribution in [1.29, 1.82) is 0 Å². The highest BCUT2D eigenvalue weighted by atomic mass is 16.5. The Morgan fingerprint density at radius 2 is 2.19 bits per heavy atom. The van der Waals surface area contributed by atoms with Gasteiger partial charge in [0.05, 0.1) is 12.6 Å². The lowest BCUT2D eigenvalue weighted by Gasteiger charge is -2.22. The molecular formula is C17H19NO3. The quantitative estimate of drug-likeness (QED) is 0.937. The molecular weight excluding hydrogens is 266 g/mol. The number of aliphatic hydroxyl groups is 1. The molecule has 4 nitrogen and oxygen atoms in total. The van der Waals surface area contributed by atoms with Crippen LogP contribution in [0.5, 0.6) is 5.75 Å². The number of rotatable bonds is 4. The summed E-state index contributed by atoms with van der Waals surface area (Å²) in [5.41, 5.74) is 2.16. The third kappa shape index (κ3) is 3.16. The number of hydrogen-bond donors (Lipinski definition) is 1. The van der Waals surface area contributed by atoms with Gasteiger partial charge in [-0.15, -0.1) is 0 Å². The summed E-state index contributed by atoms with van der Waals surface area (Å²) in [6.07, 6.45) is 4.24. The van der Waals surface area contributed by atoms with Crippen molar-refractivity contribution in [2.24, 2.45) is 0 Å². The van der Waals surface area contributed by atoms with Crippen LogP contribution >= 0.6 is 0 Å². The van der Waals surface area contributed by atoms with E-state index in [1.807, 2.05) is 24.3 Å². The summed E-state index contributed by atoms with van der Waals surface area (Å²) in [5.74, 6) is 0.749. The van der Waals surface area contributed by atoms with Crippen LogP contribution in [0.1, 0.15) is 30.1 Å². The summed E-state index contributed by atoms with van der Waals surface area (Å²) < 4.78 is 7.33. The van der Waals surface area contributed by atoms with Gasteiger partial charge in [-0.1, -0.05) is 12.1 Å². The van der Waals surface area contributed by atoms with Crippen LogP contribution in [0.2, 0.25) is 0 Å². The third-order valence-corrected chi connectivity index (χ3v) is 3.90. The monoisotopic (exact) mass is 285 g/mol. The summed E-state index contributed by atoms with van der Waals surface area (Å²) >= 11 is 0. The molecule has 0 aliphatic heterocycles. The molecule has 0 saturated heterocycles. The van der Waals surface area contributed by atoms with Crippen molar-refractivity contribution in [2.75, 3.05) is 6.61 Å². The van der Waals surface area contributed by atoms with Crippen molar-refractivity contribution in [1.82, 2.24) is 4.57 Å². The van der Waals surface area contributed by atoms with Gasteiger partial charge in [-0.3, -0.25) is 4.79 Å². The fourth-order valence-electron chi connectivity index (χ4n) is 2.75. The summed E-state index contributed by atoms with van der Waals surface area (Å²) in [4.78, 5) is 11.6. The molecule has 3 rings (SSSR count). The molecule has 0 fully saturated rings. The Morgan fingerprint density at radius 3 is 3.05 bits per heavy atom. The van der Waals surface area contributed by atoms with Gasteiger partial charge in [0.2, 0.25) is 0 Å². The maximum absolute atomic E-state index is 11.6. The maximum Gasteiger partial charge on any atom is 0.250 e. The van der Waals surface area contributed by atoms with Gasteiger partial charge in [-0.05, 0) is 48.6 Å². The molecule has 0 bridgehead atoms. The molecule has 2 aromatic rings. The highest BCUT2D eigenvalue weighted by Gasteiger charge is 2.18. The molecule has 1 heterocycles. The van der Waals surface area contributed by atoms with E-state index < -0.39 is 0 Å². The van der Waals surface area contributed by atoms with E-state index in [0.717, 1.165) is 30.6 Å². The van der Waals surface area contributed by atoms with Gasteiger partial charge in [0.15, 0.2) is 0 Å². The largest absolute Gasteiger partial charge is 0.492 e. The first-order valence-corrected chi connectivity index (χ1v) is 7.33. The van der Waals surface area contributed by atoms with Gasteiger partial charge in [-0.2, -0.15) is 0 Å². The summed E-state index contributed by atoms with van der Waals surface area (Å²) in [7, 11) is 0. The van der Waals surface area contributed by atoms with E-state index in [1.54, 1.807) is 16.8 Å². The summed E-state index contributed by atoms with van der Waals surface area (Å²) in [5, 5.41) is 10.0. The van der Waals surface area contributed by atoms with Crippen LogP contribution < -0.4 is 10.3 Å². The molecule has 0 radical (unpaired) electrons. The van der Waals surface area contributed by atoms with Crippen molar-refractivity contribution >= 4 is 0 Å². The zero-order valence-corrected chi connectivity index (χ0v) is 11.9. The molecule has 1 aliphatic rings. The molecule has 1 aromatic carbocycles. The van der Waals surface area contributed by atoms with Crippen LogP contribution in [0.4, 0.5) is 0 Å². The lowest BCUT2D eigenvalue weighted by atomic mass is 9.89. The average molecular weight is 285 g/mol. The fraction of sp³-hybridized carbons (Fsp3) is 0.353.